The summed E-state index contributed by atoms with van der Waals surface area (Å²) in [6, 6.07) is 16.1. The van der Waals surface area contributed by atoms with Gasteiger partial charge in [0.25, 0.3) is 0 Å². The number of amides is 1. The maximum absolute atomic E-state index is 12.9. The third kappa shape index (κ3) is 5.50. The Kier molecular flexibility index (Phi) is 7.16. The first kappa shape index (κ1) is 21.6. The highest BCUT2D eigenvalue weighted by Crippen LogP contribution is 2.24. The second-order valence-electron chi connectivity index (χ2n) is 7.20. The van der Waals surface area contributed by atoms with Crippen LogP contribution in [0, 0.1) is 5.92 Å². The van der Waals surface area contributed by atoms with E-state index in [-0.39, 0.29) is 23.3 Å². The first-order valence-corrected chi connectivity index (χ1v) is 11.5. The van der Waals surface area contributed by atoms with Crippen molar-refractivity contribution < 1.29 is 13.2 Å². The van der Waals surface area contributed by atoms with E-state index in [0.29, 0.717) is 37.5 Å². The van der Waals surface area contributed by atoms with Gasteiger partial charge in [0.1, 0.15) is 0 Å². The molecule has 1 amide bonds. The Morgan fingerprint density at radius 2 is 1.86 bits per heavy atom. The highest BCUT2D eigenvalue weighted by atomic mass is 35.5. The standard InChI is InChI=1S/C21H26ClN3O3S/c1-24(19-7-3-2-4-8-19)15-13-23-21(26)17-6-5-14-25(16-17)29(27,28)20-11-9-18(22)10-12-20/h2-4,7-12,17H,5-6,13-16H2,1H3,(H,23,26). The summed E-state index contributed by atoms with van der Waals surface area (Å²) in [5.74, 6) is -0.435. The third-order valence-corrected chi connectivity index (χ3v) is 7.28. The highest BCUT2D eigenvalue weighted by molar-refractivity contribution is 7.89. The van der Waals surface area contributed by atoms with Crippen LogP contribution in [0.25, 0.3) is 0 Å². The first-order valence-electron chi connectivity index (χ1n) is 9.67. The number of halogens is 1. The molecule has 0 spiro atoms. The third-order valence-electron chi connectivity index (χ3n) is 5.15. The second-order valence-corrected chi connectivity index (χ2v) is 9.58. The molecule has 8 heteroatoms. The van der Waals surface area contributed by atoms with E-state index < -0.39 is 10.0 Å². The minimum Gasteiger partial charge on any atom is -0.373 e. The van der Waals surface area contributed by atoms with Crippen LogP contribution in [0.5, 0.6) is 0 Å². The van der Waals surface area contributed by atoms with Gasteiger partial charge in [-0.05, 0) is 49.2 Å². The Labute approximate surface area is 177 Å². The molecular weight excluding hydrogens is 410 g/mol. The summed E-state index contributed by atoms with van der Waals surface area (Å²) in [4.78, 5) is 14.9. The summed E-state index contributed by atoms with van der Waals surface area (Å²) in [6.07, 6.45) is 1.35. The molecule has 1 aliphatic rings. The van der Waals surface area contributed by atoms with E-state index >= 15 is 0 Å². The summed E-state index contributed by atoms with van der Waals surface area (Å²) in [7, 11) is -1.65. The van der Waals surface area contributed by atoms with E-state index in [4.69, 9.17) is 11.6 Å². The van der Waals surface area contributed by atoms with Crippen molar-refractivity contribution in [3.05, 3.63) is 59.6 Å². The molecule has 1 unspecified atom stereocenters. The lowest BCUT2D eigenvalue weighted by Gasteiger charge is -2.31. The molecule has 3 rings (SSSR count). The number of benzene rings is 2. The minimum atomic E-state index is -3.63. The summed E-state index contributed by atoms with van der Waals surface area (Å²) < 4.78 is 27.1. The number of nitrogens with zero attached hydrogens (tertiary/aromatic N) is 2. The number of piperidine rings is 1. The minimum absolute atomic E-state index is 0.0949. The topological polar surface area (TPSA) is 69.7 Å². The predicted octanol–water partition coefficient (Wildman–Crippen LogP) is 2.99. The van der Waals surface area contributed by atoms with Crippen LogP contribution in [0.4, 0.5) is 5.69 Å². The SMILES string of the molecule is CN(CCNC(=O)C1CCCN(S(=O)(=O)c2ccc(Cl)cc2)C1)c1ccccc1. The van der Waals surface area contributed by atoms with Crippen molar-refractivity contribution in [2.75, 3.05) is 38.1 Å². The Morgan fingerprint density at radius 1 is 1.17 bits per heavy atom. The predicted molar refractivity (Wildman–Crippen MR) is 116 cm³/mol. The first-order chi connectivity index (χ1) is 13.9. The van der Waals surface area contributed by atoms with Crippen molar-refractivity contribution in [2.24, 2.45) is 5.92 Å². The van der Waals surface area contributed by atoms with E-state index in [9.17, 15) is 13.2 Å². The van der Waals surface area contributed by atoms with Crippen LogP contribution in [0.1, 0.15) is 12.8 Å². The number of likely N-dealkylation sites (N-methyl/N-ethyl adjacent to an activating group) is 1. The van der Waals surface area contributed by atoms with Gasteiger partial charge in [-0.1, -0.05) is 29.8 Å². The van der Waals surface area contributed by atoms with Crippen molar-refractivity contribution in [3.8, 4) is 0 Å². The monoisotopic (exact) mass is 435 g/mol. The van der Waals surface area contributed by atoms with E-state index in [1.54, 1.807) is 12.1 Å². The van der Waals surface area contributed by atoms with Crippen molar-refractivity contribution >= 4 is 33.2 Å². The smallest absolute Gasteiger partial charge is 0.243 e. The largest absolute Gasteiger partial charge is 0.373 e. The maximum Gasteiger partial charge on any atom is 0.243 e. The van der Waals surface area contributed by atoms with E-state index in [1.807, 2.05) is 37.4 Å². The molecular formula is C21H26ClN3O3S. The molecule has 1 aliphatic heterocycles. The number of rotatable bonds is 7. The molecule has 1 saturated heterocycles. The second kappa shape index (κ2) is 9.61. The maximum atomic E-state index is 12.9. The van der Waals surface area contributed by atoms with Gasteiger partial charge in [-0.25, -0.2) is 8.42 Å². The Hall–Kier alpha value is -2.09. The van der Waals surface area contributed by atoms with Crippen LogP contribution in [-0.4, -0.2) is 51.9 Å². The van der Waals surface area contributed by atoms with E-state index in [2.05, 4.69) is 10.2 Å². The molecule has 0 aliphatic carbocycles. The van der Waals surface area contributed by atoms with Crippen molar-refractivity contribution in [1.29, 1.82) is 0 Å². The average molecular weight is 436 g/mol. The van der Waals surface area contributed by atoms with Gasteiger partial charge in [-0.3, -0.25) is 4.79 Å². The summed E-state index contributed by atoms with van der Waals surface area (Å²) in [5, 5.41) is 3.44. The zero-order chi connectivity index (χ0) is 20.9. The van der Waals surface area contributed by atoms with E-state index in [1.165, 1.54) is 16.4 Å². The fraction of sp³-hybridized carbons (Fsp3) is 0.381. The van der Waals surface area contributed by atoms with Gasteiger partial charge in [0.05, 0.1) is 10.8 Å². The summed E-state index contributed by atoms with van der Waals surface area (Å²) in [5.41, 5.74) is 1.08. The number of anilines is 1. The molecule has 1 atom stereocenters. The average Bonchev–Trinajstić information content (AvgIpc) is 2.74. The molecule has 1 heterocycles. The number of nitrogens with one attached hydrogen (secondary N) is 1. The lowest BCUT2D eigenvalue weighted by Crippen LogP contribution is -2.46. The Bertz CT molecular complexity index is 920. The van der Waals surface area contributed by atoms with E-state index in [0.717, 1.165) is 5.69 Å². The molecule has 2 aromatic rings. The number of hydrogen-bond donors (Lipinski definition) is 1. The van der Waals surface area contributed by atoms with Gasteiger partial charge in [0, 0.05) is 43.9 Å². The fourth-order valence-corrected chi connectivity index (χ4v) is 5.08. The van der Waals surface area contributed by atoms with Gasteiger partial charge in [-0.15, -0.1) is 0 Å². The molecule has 6 nitrogen and oxygen atoms in total. The van der Waals surface area contributed by atoms with Crippen LogP contribution >= 0.6 is 11.6 Å². The normalized spacial score (nSPS) is 17.7. The van der Waals surface area contributed by atoms with Crippen LogP contribution in [0.2, 0.25) is 5.02 Å². The molecule has 2 aromatic carbocycles. The molecule has 0 radical (unpaired) electrons. The van der Waals surface area contributed by atoms with Crippen LogP contribution < -0.4 is 10.2 Å². The zero-order valence-corrected chi connectivity index (χ0v) is 18.0. The van der Waals surface area contributed by atoms with Gasteiger partial charge >= 0.3 is 0 Å². The van der Waals surface area contributed by atoms with Crippen LogP contribution in [-0.2, 0) is 14.8 Å². The Morgan fingerprint density at radius 3 is 2.55 bits per heavy atom. The van der Waals surface area contributed by atoms with Crippen molar-refractivity contribution in [3.63, 3.8) is 0 Å². The molecule has 0 saturated carbocycles. The number of sulfonamides is 1. The molecule has 1 N–H and O–H groups in total. The fourth-order valence-electron chi connectivity index (χ4n) is 3.43. The number of hydrogen-bond acceptors (Lipinski definition) is 4. The molecule has 29 heavy (non-hydrogen) atoms. The van der Waals surface area contributed by atoms with Crippen molar-refractivity contribution in [2.45, 2.75) is 17.7 Å². The molecule has 1 fully saturated rings. The number of carbonyl (C=O) groups is 1. The lowest BCUT2D eigenvalue weighted by molar-refractivity contribution is -0.126. The highest BCUT2D eigenvalue weighted by Gasteiger charge is 2.33. The van der Waals surface area contributed by atoms with Gasteiger partial charge in [0.2, 0.25) is 15.9 Å². The molecule has 156 valence electrons. The zero-order valence-electron chi connectivity index (χ0n) is 16.4. The Balaban J connectivity index is 1.54. The quantitative estimate of drug-likeness (QED) is 0.725. The summed E-state index contributed by atoms with van der Waals surface area (Å²) in [6.45, 7) is 1.80. The lowest BCUT2D eigenvalue weighted by atomic mass is 9.99. The van der Waals surface area contributed by atoms with Gasteiger partial charge in [0.15, 0.2) is 0 Å². The van der Waals surface area contributed by atoms with Crippen molar-refractivity contribution in [1.82, 2.24) is 9.62 Å². The van der Waals surface area contributed by atoms with Crippen LogP contribution in [0.3, 0.4) is 0 Å². The number of carbonyl (C=O) groups excluding carboxylic acids is 1. The van der Waals surface area contributed by atoms with Gasteiger partial charge in [-0.2, -0.15) is 4.31 Å². The summed E-state index contributed by atoms with van der Waals surface area (Å²) >= 11 is 5.86. The van der Waals surface area contributed by atoms with Gasteiger partial charge < -0.3 is 10.2 Å². The molecule has 0 aromatic heterocycles. The molecule has 0 bridgehead atoms. The number of para-hydroxylation sites is 1. The van der Waals surface area contributed by atoms with Crippen LogP contribution in [0.15, 0.2) is 59.5 Å².